The first-order valence-corrected chi connectivity index (χ1v) is 7.82. The molecule has 1 amide bonds. The molecule has 2 aromatic rings. The second-order valence-corrected chi connectivity index (χ2v) is 5.59. The summed E-state index contributed by atoms with van der Waals surface area (Å²) in [6, 6.07) is 20.7. The molecule has 0 aliphatic heterocycles. The minimum absolute atomic E-state index is 0.0855. The lowest BCUT2D eigenvalue weighted by atomic mass is 9.89. The maximum Gasteiger partial charge on any atom is 0.220 e. The molecule has 3 heteroatoms. The fourth-order valence-corrected chi connectivity index (χ4v) is 2.66. The smallest absolute Gasteiger partial charge is 0.220 e. The van der Waals surface area contributed by atoms with Crippen molar-refractivity contribution in [1.29, 1.82) is 0 Å². The van der Waals surface area contributed by atoms with E-state index in [9.17, 15) is 4.79 Å². The topological polar surface area (TPSA) is 55.1 Å². The maximum atomic E-state index is 12.0. The number of nitrogens with one attached hydrogen (secondary N) is 1. The van der Waals surface area contributed by atoms with Crippen molar-refractivity contribution in [3.05, 3.63) is 71.8 Å². The van der Waals surface area contributed by atoms with Crippen molar-refractivity contribution in [3.8, 4) is 0 Å². The Hall–Kier alpha value is -2.13. The van der Waals surface area contributed by atoms with Gasteiger partial charge in [-0.25, -0.2) is 0 Å². The Bertz CT molecular complexity index is 513. The Labute approximate surface area is 132 Å². The Kier molecular flexibility index (Phi) is 6.65. The van der Waals surface area contributed by atoms with E-state index in [0.29, 0.717) is 25.4 Å². The molecule has 3 N–H and O–H groups in total. The summed E-state index contributed by atoms with van der Waals surface area (Å²) < 4.78 is 0. The Morgan fingerprint density at radius 2 is 1.41 bits per heavy atom. The summed E-state index contributed by atoms with van der Waals surface area (Å²) in [6.45, 7) is 1.02. The first kappa shape index (κ1) is 16.2. The summed E-state index contributed by atoms with van der Waals surface area (Å²) >= 11 is 0. The second-order valence-electron chi connectivity index (χ2n) is 5.59. The van der Waals surface area contributed by atoms with Crippen LogP contribution in [0.1, 0.15) is 17.5 Å². The Morgan fingerprint density at radius 3 is 1.86 bits per heavy atom. The molecule has 116 valence electrons. The molecule has 3 nitrogen and oxygen atoms in total. The molecule has 2 aromatic carbocycles. The molecular weight excluding hydrogens is 272 g/mol. The van der Waals surface area contributed by atoms with E-state index >= 15 is 0 Å². The van der Waals surface area contributed by atoms with Crippen LogP contribution in [-0.4, -0.2) is 19.0 Å². The maximum absolute atomic E-state index is 12.0. The van der Waals surface area contributed by atoms with Gasteiger partial charge in [0.2, 0.25) is 5.91 Å². The van der Waals surface area contributed by atoms with Gasteiger partial charge >= 0.3 is 0 Å². The summed E-state index contributed by atoms with van der Waals surface area (Å²) in [6.07, 6.45) is 2.35. The highest BCUT2D eigenvalue weighted by atomic mass is 16.1. The van der Waals surface area contributed by atoms with Crippen LogP contribution in [0.25, 0.3) is 0 Å². The number of hydrogen-bond donors (Lipinski definition) is 2. The van der Waals surface area contributed by atoms with Gasteiger partial charge in [-0.2, -0.15) is 0 Å². The Morgan fingerprint density at radius 1 is 0.909 bits per heavy atom. The predicted molar refractivity (Wildman–Crippen MR) is 90.5 cm³/mol. The minimum atomic E-state index is 0.0855. The van der Waals surface area contributed by atoms with Crippen LogP contribution in [0.4, 0.5) is 0 Å². The van der Waals surface area contributed by atoms with Crippen LogP contribution in [-0.2, 0) is 17.6 Å². The van der Waals surface area contributed by atoms with Gasteiger partial charge in [0.15, 0.2) is 0 Å². The van der Waals surface area contributed by atoms with Crippen LogP contribution in [0.3, 0.4) is 0 Å². The number of rotatable bonds is 8. The zero-order valence-corrected chi connectivity index (χ0v) is 12.9. The zero-order valence-electron chi connectivity index (χ0n) is 12.9. The molecule has 0 heterocycles. The van der Waals surface area contributed by atoms with Crippen molar-refractivity contribution in [2.75, 3.05) is 13.1 Å². The van der Waals surface area contributed by atoms with Gasteiger partial charge in [0.25, 0.3) is 0 Å². The quantitative estimate of drug-likeness (QED) is 0.786. The molecule has 0 aromatic heterocycles. The number of carbonyl (C=O) groups is 1. The average Bonchev–Trinajstić information content (AvgIpc) is 2.55. The van der Waals surface area contributed by atoms with Crippen molar-refractivity contribution in [3.63, 3.8) is 0 Å². The van der Waals surface area contributed by atoms with Crippen molar-refractivity contribution in [2.45, 2.75) is 19.3 Å². The molecule has 0 radical (unpaired) electrons. The van der Waals surface area contributed by atoms with E-state index in [1.54, 1.807) is 0 Å². The number of carbonyl (C=O) groups excluding carboxylic acids is 1. The van der Waals surface area contributed by atoms with Gasteiger partial charge in [0.1, 0.15) is 0 Å². The summed E-state index contributed by atoms with van der Waals surface area (Å²) in [4.78, 5) is 12.0. The first-order chi connectivity index (χ1) is 10.8. The van der Waals surface area contributed by atoms with Crippen molar-refractivity contribution < 1.29 is 4.79 Å². The van der Waals surface area contributed by atoms with Crippen LogP contribution >= 0.6 is 0 Å². The second kappa shape index (κ2) is 9.00. The van der Waals surface area contributed by atoms with Crippen LogP contribution in [0, 0.1) is 5.92 Å². The van der Waals surface area contributed by atoms with E-state index in [0.717, 1.165) is 12.8 Å². The van der Waals surface area contributed by atoms with Crippen molar-refractivity contribution in [1.82, 2.24) is 5.32 Å². The third kappa shape index (κ3) is 5.70. The van der Waals surface area contributed by atoms with Crippen LogP contribution in [0.15, 0.2) is 60.7 Å². The van der Waals surface area contributed by atoms with Crippen LogP contribution in [0.5, 0.6) is 0 Å². The summed E-state index contributed by atoms with van der Waals surface area (Å²) in [5, 5.41) is 2.87. The average molecular weight is 296 g/mol. The van der Waals surface area contributed by atoms with Gasteiger partial charge < -0.3 is 11.1 Å². The number of hydrogen-bond acceptors (Lipinski definition) is 2. The van der Waals surface area contributed by atoms with Gasteiger partial charge in [-0.05, 0) is 29.9 Å². The molecule has 0 aliphatic rings. The minimum Gasteiger partial charge on any atom is -0.355 e. The van der Waals surface area contributed by atoms with Gasteiger partial charge in [-0.3, -0.25) is 4.79 Å². The molecule has 0 saturated carbocycles. The first-order valence-electron chi connectivity index (χ1n) is 7.82. The molecule has 0 saturated heterocycles. The number of nitrogens with two attached hydrogens (primary N) is 1. The van der Waals surface area contributed by atoms with E-state index in [2.05, 4.69) is 29.6 Å². The van der Waals surface area contributed by atoms with Crippen LogP contribution < -0.4 is 11.1 Å². The molecule has 0 unspecified atom stereocenters. The van der Waals surface area contributed by atoms with Gasteiger partial charge in [-0.15, -0.1) is 0 Å². The molecular formula is C19H24N2O. The van der Waals surface area contributed by atoms with Crippen molar-refractivity contribution >= 4 is 5.91 Å². The monoisotopic (exact) mass is 296 g/mol. The summed E-state index contributed by atoms with van der Waals surface area (Å²) in [5.41, 5.74) is 7.99. The lowest BCUT2D eigenvalue weighted by molar-refractivity contribution is -0.121. The lowest BCUT2D eigenvalue weighted by Gasteiger charge is -2.17. The van der Waals surface area contributed by atoms with Gasteiger partial charge in [-0.1, -0.05) is 60.7 Å². The molecule has 0 spiro atoms. The standard InChI is InChI=1S/C19H24N2O/c20-11-12-21-19(22)15-18(13-16-7-3-1-4-8-16)14-17-9-5-2-6-10-17/h1-10,18H,11-15,20H2,(H,21,22). The predicted octanol–water partition coefficient (Wildman–Crippen LogP) is 2.55. The highest BCUT2D eigenvalue weighted by molar-refractivity contribution is 5.76. The third-order valence-electron chi connectivity index (χ3n) is 3.67. The highest BCUT2D eigenvalue weighted by Crippen LogP contribution is 2.18. The van der Waals surface area contributed by atoms with E-state index in [-0.39, 0.29) is 5.91 Å². The summed E-state index contributed by atoms with van der Waals surface area (Å²) in [7, 11) is 0. The van der Waals surface area contributed by atoms with E-state index < -0.39 is 0 Å². The number of benzene rings is 2. The van der Waals surface area contributed by atoms with E-state index in [4.69, 9.17) is 5.73 Å². The zero-order chi connectivity index (χ0) is 15.6. The molecule has 22 heavy (non-hydrogen) atoms. The van der Waals surface area contributed by atoms with Crippen molar-refractivity contribution in [2.24, 2.45) is 11.7 Å². The lowest BCUT2D eigenvalue weighted by Crippen LogP contribution is -2.31. The molecule has 0 atom stereocenters. The number of amides is 1. The van der Waals surface area contributed by atoms with Crippen LogP contribution in [0.2, 0.25) is 0 Å². The van der Waals surface area contributed by atoms with E-state index in [1.807, 2.05) is 36.4 Å². The third-order valence-corrected chi connectivity index (χ3v) is 3.67. The SMILES string of the molecule is NCCNC(=O)CC(Cc1ccccc1)Cc1ccccc1. The van der Waals surface area contributed by atoms with Gasteiger partial charge in [0.05, 0.1) is 0 Å². The molecule has 0 bridgehead atoms. The fraction of sp³-hybridized carbons (Fsp3) is 0.316. The molecule has 0 aliphatic carbocycles. The van der Waals surface area contributed by atoms with Gasteiger partial charge in [0, 0.05) is 19.5 Å². The summed E-state index contributed by atoms with van der Waals surface area (Å²) in [5.74, 6) is 0.380. The Balaban J connectivity index is 2.01. The van der Waals surface area contributed by atoms with E-state index in [1.165, 1.54) is 11.1 Å². The highest BCUT2D eigenvalue weighted by Gasteiger charge is 2.15. The molecule has 2 rings (SSSR count). The largest absolute Gasteiger partial charge is 0.355 e. The fourth-order valence-electron chi connectivity index (χ4n) is 2.66. The normalized spacial score (nSPS) is 10.6. The molecule has 0 fully saturated rings.